The largest absolute Gasteiger partial charge is 0.495 e. The van der Waals surface area contributed by atoms with Gasteiger partial charge in [0.1, 0.15) is 5.75 Å². The molecule has 0 amide bonds. The highest BCUT2D eigenvalue weighted by Crippen LogP contribution is 2.34. The molecule has 0 fully saturated rings. The molecule has 2 aromatic rings. The Morgan fingerprint density at radius 2 is 1.84 bits per heavy atom. The highest BCUT2D eigenvalue weighted by molar-refractivity contribution is 7.92. The number of non-ortho nitro benzene ring substituents is 1. The number of hydrogen-bond acceptors (Lipinski definition) is 5. The molecule has 0 atom stereocenters. The Balaban J connectivity index is 2.67. The van der Waals surface area contributed by atoms with Crippen LogP contribution in [0.1, 0.15) is 18.1 Å². The third-order valence-corrected chi connectivity index (χ3v) is 5.87. The summed E-state index contributed by atoms with van der Waals surface area (Å²) < 4.78 is 32.9. The molecule has 0 aliphatic rings. The third kappa shape index (κ3) is 3.58. The molecule has 0 bridgehead atoms. The van der Waals surface area contributed by atoms with Crippen molar-refractivity contribution in [2.45, 2.75) is 25.7 Å². The number of benzene rings is 2. The Labute approximate surface area is 147 Å². The van der Waals surface area contributed by atoms with Crippen LogP contribution in [0.2, 0.25) is 0 Å². The predicted molar refractivity (Wildman–Crippen MR) is 95.8 cm³/mol. The van der Waals surface area contributed by atoms with Gasteiger partial charge in [0.05, 0.1) is 22.6 Å². The van der Waals surface area contributed by atoms with Crippen LogP contribution in [0.15, 0.2) is 41.3 Å². The minimum atomic E-state index is -3.99. The number of methoxy groups -OCH3 is 1. The van der Waals surface area contributed by atoms with E-state index in [9.17, 15) is 18.5 Å². The van der Waals surface area contributed by atoms with E-state index >= 15 is 0 Å². The number of ether oxygens (including phenoxy) is 1. The molecular weight excluding hydrogens is 344 g/mol. The molecule has 0 saturated heterocycles. The lowest BCUT2D eigenvalue weighted by Gasteiger charge is -2.25. The van der Waals surface area contributed by atoms with Gasteiger partial charge in [-0.05, 0) is 44.0 Å². The first kappa shape index (κ1) is 18.7. The van der Waals surface area contributed by atoms with Gasteiger partial charge in [0.2, 0.25) is 0 Å². The van der Waals surface area contributed by atoms with Crippen LogP contribution in [-0.2, 0) is 10.0 Å². The zero-order chi connectivity index (χ0) is 18.8. The van der Waals surface area contributed by atoms with Gasteiger partial charge in [0.15, 0.2) is 0 Å². The Hall–Kier alpha value is -2.61. The average Bonchev–Trinajstić information content (AvgIpc) is 2.55. The van der Waals surface area contributed by atoms with Crippen molar-refractivity contribution >= 4 is 21.4 Å². The Bertz CT molecular complexity index is 909. The van der Waals surface area contributed by atoms with E-state index in [4.69, 9.17) is 4.74 Å². The number of anilines is 1. The van der Waals surface area contributed by atoms with Gasteiger partial charge in [-0.3, -0.25) is 14.4 Å². The van der Waals surface area contributed by atoms with E-state index in [0.29, 0.717) is 17.0 Å². The van der Waals surface area contributed by atoms with Crippen molar-refractivity contribution in [2.24, 2.45) is 0 Å². The monoisotopic (exact) mass is 364 g/mol. The van der Waals surface area contributed by atoms with Crippen LogP contribution in [-0.4, -0.2) is 27.0 Å². The molecule has 0 spiro atoms. The zero-order valence-corrected chi connectivity index (χ0v) is 15.3. The number of hydrogen-bond donors (Lipinski definition) is 0. The number of nitro benzene ring substituents is 1. The summed E-state index contributed by atoms with van der Waals surface area (Å²) in [6.45, 7) is 5.32. The number of aryl methyl sites for hydroxylation is 2. The minimum Gasteiger partial charge on any atom is -0.495 e. The molecule has 0 unspecified atom stereocenters. The number of rotatable bonds is 6. The molecular formula is C17H20N2O5S. The Morgan fingerprint density at radius 3 is 2.40 bits per heavy atom. The number of sulfonamides is 1. The first-order chi connectivity index (χ1) is 11.7. The van der Waals surface area contributed by atoms with Crippen LogP contribution in [0.3, 0.4) is 0 Å². The van der Waals surface area contributed by atoms with Crippen molar-refractivity contribution < 1.29 is 18.1 Å². The molecule has 7 nitrogen and oxygen atoms in total. The molecule has 0 aromatic heterocycles. The van der Waals surface area contributed by atoms with Crippen molar-refractivity contribution in [2.75, 3.05) is 18.0 Å². The molecule has 8 heteroatoms. The average molecular weight is 364 g/mol. The summed E-state index contributed by atoms with van der Waals surface area (Å²) in [7, 11) is -2.53. The second-order valence-electron chi connectivity index (χ2n) is 5.55. The first-order valence-corrected chi connectivity index (χ1v) is 9.08. The van der Waals surface area contributed by atoms with E-state index in [0.717, 1.165) is 11.6 Å². The summed E-state index contributed by atoms with van der Waals surface area (Å²) in [4.78, 5) is 10.3. The van der Waals surface area contributed by atoms with E-state index in [-0.39, 0.29) is 17.1 Å². The highest BCUT2D eigenvalue weighted by atomic mass is 32.2. The van der Waals surface area contributed by atoms with Gasteiger partial charge in [0, 0.05) is 18.7 Å². The fourth-order valence-corrected chi connectivity index (χ4v) is 4.29. The van der Waals surface area contributed by atoms with Crippen LogP contribution in [0.25, 0.3) is 0 Å². The van der Waals surface area contributed by atoms with Crippen LogP contribution in [0, 0.1) is 24.0 Å². The van der Waals surface area contributed by atoms with E-state index < -0.39 is 14.9 Å². The van der Waals surface area contributed by atoms with Gasteiger partial charge in [-0.1, -0.05) is 12.1 Å². The molecule has 0 aliphatic heterocycles. The lowest BCUT2D eigenvalue weighted by Crippen LogP contribution is -2.31. The highest BCUT2D eigenvalue weighted by Gasteiger charge is 2.29. The fraction of sp³-hybridized carbons (Fsp3) is 0.294. The maximum Gasteiger partial charge on any atom is 0.270 e. The van der Waals surface area contributed by atoms with Gasteiger partial charge < -0.3 is 4.74 Å². The first-order valence-electron chi connectivity index (χ1n) is 7.64. The summed E-state index contributed by atoms with van der Waals surface area (Å²) in [6.07, 6.45) is 0. The maximum atomic E-state index is 13.2. The van der Waals surface area contributed by atoms with Gasteiger partial charge in [0.25, 0.3) is 15.7 Å². The summed E-state index contributed by atoms with van der Waals surface area (Å²) in [6, 6.07) is 9.05. The fourth-order valence-electron chi connectivity index (χ4n) is 2.56. The van der Waals surface area contributed by atoms with Crippen LogP contribution in [0.4, 0.5) is 11.4 Å². The molecule has 0 radical (unpaired) electrons. The molecule has 0 N–H and O–H groups in total. The summed E-state index contributed by atoms with van der Waals surface area (Å²) in [5, 5.41) is 11.0. The van der Waals surface area contributed by atoms with Crippen molar-refractivity contribution in [3.05, 3.63) is 57.6 Å². The van der Waals surface area contributed by atoms with E-state index in [2.05, 4.69) is 0 Å². The molecule has 25 heavy (non-hydrogen) atoms. The lowest BCUT2D eigenvalue weighted by molar-refractivity contribution is -0.385. The zero-order valence-electron chi connectivity index (χ0n) is 14.5. The van der Waals surface area contributed by atoms with E-state index in [1.165, 1.54) is 23.5 Å². The second kappa shape index (κ2) is 7.10. The van der Waals surface area contributed by atoms with Crippen LogP contribution in [0.5, 0.6) is 5.75 Å². The van der Waals surface area contributed by atoms with Gasteiger partial charge in [-0.2, -0.15) is 0 Å². The normalized spacial score (nSPS) is 11.2. The quantitative estimate of drug-likeness (QED) is 0.578. The topological polar surface area (TPSA) is 89.8 Å². The molecule has 0 saturated carbocycles. The summed E-state index contributed by atoms with van der Waals surface area (Å²) in [5.41, 5.74) is 1.45. The minimum absolute atomic E-state index is 0.0906. The molecule has 2 aromatic carbocycles. The van der Waals surface area contributed by atoms with Crippen molar-refractivity contribution in [3.8, 4) is 5.75 Å². The molecule has 0 aliphatic carbocycles. The summed E-state index contributed by atoms with van der Waals surface area (Å²) >= 11 is 0. The molecule has 2 rings (SSSR count). The number of nitrogens with zero attached hydrogens (tertiary/aromatic N) is 2. The van der Waals surface area contributed by atoms with Crippen molar-refractivity contribution in [1.29, 1.82) is 0 Å². The standard InChI is InChI=1S/C17H20N2O5S/c1-5-18(15-10-12(2)6-9-16(15)24-4)25(22,23)17-11-14(19(20)21)8-7-13(17)3/h6-11H,5H2,1-4H3. The van der Waals surface area contributed by atoms with Crippen molar-refractivity contribution in [3.63, 3.8) is 0 Å². The van der Waals surface area contributed by atoms with Crippen molar-refractivity contribution in [1.82, 2.24) is 0 Å². The SMILES string of the molecule is CCN(c1cc(C)ccc1OC)S(=O)(=O)c1cc([N+](=O)[O-])ccc1C. The molecule has 134 valence electrons. The maximum absolute atomic E-state index is 13.2. The van der Waals surface area contributed by atoms with Gasteiger partial charge in [-0.15, -0.1) is 0 Å². The lowest BCUT2D eigenvalue weighted by atomic mass is 10.2. The Morgan fingerprint density at radius 1 is 1.16 bits per heavy atom. The van der Waals surface area contributed by atoms with Gasteiger partial charge >= 0.3 is 0 Å². The van der Waals surface area contributed by atoms with E-state index in [1.807, 2.05) is 13.0 Å². The smallest absolute Gasteiger partial charge is 0.270 e. The Kier molecular flexibility index (Phi) is 5.32. The molecule has 0 heterocycles. The van der Waals surface area contributed by atoms with Gasteiger partial charge in [-0.25, -0.2) is 8.42 Å². The van der Waals surface area contributed by atoms with E-state index in [1.54, 1.807) is 26.0 Å². The summed E-state index contributed by atoms with van der Waals surface area (Å²) in [5.74, 6) is 0.416. The van der Waals surface area contributed by atoms with Crippen LogP contribution >= 0.6 is 0 Å². The number of nitro groups is 1. The third-order valence-electron chi connectivity index (χ3n) is 3.84. The predicted octanol–water partition coefficient (Wildman–Crippen LogP) is 3.44. The van der Waals surface area contributed by atoms with Crippen LogP contribution < -0.4 is 9.04 Å². The second-order valence-corrected chi connectivity index (χ2v) is 7.38.